The maximum Gasteiger partial charge on any atom is 0.340 e. The minimum Gasteiger partial charge on any atom is -0.497 e. The van der Waals surface area contributed by atoms with Crippen molar-refractivity contribution in [3.63, 3.8) is 0 Å². The van der Waals surface area contributed by atoms with Gasteiger partial charge in [-0.1, -0.05) is 30.4 Å². The molecule has 1 aliphatic heterocycles. The summed E-state index contributed by atoms with van der Waals surface area (Å²) >= 11 is 0. The molecule has 7 nitrogen and oxygen atoms in total. The Morgan fingerprint density at radius 2 is 2.10 bits per heavy atom. The molecule has 1 fully saturated rings. The molecular weight excluding hydrogens is 388 g/mol. The highest BCUT2D eigenvalue weighted by Crippen LogP contribution is 2.30. The van der Waals surface area contributed by atoms with Crippen molar-refractivity contribution in [2.45, 2.75) is 50.3 Å². The molecule has 1 heterocycles. The van der Waals surface area contributed by atoms with Gasteiger partial charge in [-0.15, -0.1) is 6.58 Å². The van der Waals surface area contributed by atoms with E-state index in [9.17, 15) is 9.90 Å². The fourth-order valence-corrected chi connectivity index (χ4v) is 3.36. The summed E-state index contributed by atoms with van der Waals surface area (Å²) < 4.78 is 28.3. The van der Waals surface area contributed by atoms with Crippen LogP contribution in [0.1, 0.15) is 25.3 Å². The van der Waals surface area contributed by atoms with Crippen LogP contribution in [0.25, 0.3) is 0 Å². The number of esters is 1. The highest BCUT2D eigenvalue weighted by molar-refractivity contribution is 5.80. The molecule has 1 N–H and O–H groups in total. The van der Waals surface area contributed by atoms with Gasteiger partial charge in [0.05, 0.1) is 33.5 Å². The summed E-state index contributed by atoms with van der Waals surface area (Å²) in [6.45, 7) is 6.09. The number of hydrogen-bond acceptors (Lipinski definition) is 7. The number of aliphatic hydroxyl groups excluding tert-OH is 1. The topological polar surface area (TPSA) is 83.5 Å². The van der Waals surface area contributed by atoms with Gasteiger partial charge in [-0.2, -0.15) is 0 Å². The van der Waals surface area contributed by atoms with Gasteiger partial charge in [0.2, 0.25) is 0 Å². The lowest BCUT2D eigenvalue weighted by atomic mass is 9.95. The molecule has 0 aliphatic carbocycles. The standard InChI is InChI=1S/C23H32O7/c1-5-19-20(8-7-15-28-19)30-23(2,22(25)27-4)21(9-6-14-24)29-16-17-10-12-18(26-3)13-11-17/h5-6,9-13,19-21,24H,1,7-8,14-16H2,2-4H3/b9-6+/t19-,20+,21-,23+/m1/s1. The Morgan fingerprint density at radius 3 is 2.70 bits per heavy atom. The molecule has 0 spiro atoms. The number of benzene rings is 1. The van der Waals surface area contributed by atoms with E-state index >= 15 is 0 Å². The number of ether oxygens (including phenoxy) is 5. The molecule has 1 saturated heterocycles. The maximum atomic E-state index is 12.8. The first-order valence-electron chi connectivity index (χ1n) is 10.0. The molecule has 1 aliphatic rings. The first kappa shape index (κ1) is 24.1. The molecule has 4 atom stereocenters. The average Bonchev–Trinajstić information content (AvgIpc) is 2.79. The zero-order valence-corrected chi connectivity index (χ0v) is 17.9. The average molecular weight is 421 g/mol. The van der Waals surface area contributed by atoms with Gasteiger partial charge in [-0.25, -0.2) is 4.79 Å². The second-order valence-electron chi connectivity index (χ2n) is 7.16. The van der Waals surface area contributed by atoms with E-state index in [1.165, 1.54) is 13.2 Å². The van der Waals surface area contributed by atoms with E-state index in [1.807, 2.05) is 24.3 Å². The van der Waals surface area contributed by atoms with E-state index in [1.54, 1.807) is 26.2 Å². The summed E-state index contributed by atoms with van der Waals surface area (Å²) in [4.78, 5) is 12.8. The Labute approximate surface area is 178 Å². The Balaban J connectivity index is 2.24. The third-order valence-corrected chi connectivity index (χ3v) is 5.08. The van der Waals surface area contributed by atoms with Crippen LogP contribution in [0.5, 0.6) is 5.75 Å². The maximum absolute atomic E-state index is 12.8. The first-order chi connectivity index (χ1) is 14.5. The second-order valence-corrected chi connectivity index (χ2v) is 7.16. The van der Waals surface area contributed by atoms with Crippen molar-refractivity contribution in [2.24, 2.45) is 0 Å². The van der Waals surface area contributed by atoms with E-state index in [0.29, 0.717) is 6.61 Å². The second kappa shape index (κ2) is 11.9. The fraction of sp³-hybridized carbons (Fsp3) is 0.522. The molecule has 7 heteroatoms. The molecule has 1 aromatic carbocycles. The lowest BCUT2D eigenvalue weighted by Crippen LogP contribution is -2.54. The molecular formula is C23H32O7. The zero-order chi connectivity index (χ0) is 22.0. The minimum absolute atomic E-state index is 0.193. The van der Waals surface area contributed by atoms with Crippen molar-refractivity contribution in [2.75, 3.05) is 27.4 Å². The fourth-order valence-electron chi connectivity index (χ4n) is 3.36. The number of rotatable bonds is 11. The van der Waals surface area contributed by atoms with Crippen molar-refractivity contribution in [1.29, 1.82) is 0 Å². The molecule has 0 radical (unpaired) electrons. The van der Waals surface area contributed by atoms with Crippen LogP contribution in [0.2, 0.25) is 0 Å². The molecule has 2 rings (SSSR count). The Hall–Kier alpha value is -2.19. The number of carbonyl (C=O) groups is 1. The van der Waals surface area contributed by atoms with E-state index in [4.69, 9.17) is 23.7 Å². The number of carbonyl (C=O) groups excluding carboxylic acids is 1. The molecule has 30 heavy (non-hydrogen) atoms. The Morgan fingerprint density at radius 1 is 1.37 bits per heavy atom. The van der Waals surface area contributed by atoms with Crippen LogP contribution in [-0.4, -0.2) is 62.4 Å². The van der Waals surface area contributed by atoms with Gasteiger partial charge in [0, 0.05) is 6.61 Å². The van der Waals surface area contributed by atoms with Crippen LogP contribution in [-0.2, 0) is 30.3 Å². The van der Waals surface area contributed by atoms with Gasteiger partial charge in [0.25, 0.3) is 0 Å². The number of aliphatic hydroxyl groups is 1. The van der Waals surface area contributed by atoms with Crippen molar-refractivity contribution in [3.8, 4) is 5.75 Å². The number of hydrogen-bond donors (Lipinski definition) is 1. The van der Waals surface area contributed by atoms with Gasteiger partial charge in [-0.3, -0.25) is 0 Å². The van der Waals surface area contributed by atoms with Gasteiger partial charge in [0.1, 0.15) is 18.0 Å². The lowest BCUT2D eigenvalue weighted by Gasteiger charge is -2.39. The summed E-state index contributed by atoms with van der Waals surface area (Å²) in [5.41, 5.74) is -0.546. The quantitative estimate of drug-likeness (QED) is 0.435. The smallest absolute Gasteiger partial charge is 0.340 e. The van der Waals surface area contributed by atoms with E-state index < -0.39 is 17.7 Å². The minimum atomic E-state index is -1.44. The van der Waals surface area contributed by atoms with Crippen LogP contribution < -0.4 is 4.74 Å². The van der Waals surface area contributed by atoms with Crippen LogP contribution >= 0.6 is 0 Å². The van der Waals surface area contributed by atoms with E-state index in [0.717, 1.165) is 24.2 Å². The van der Waals surface area contributed by atoms with E-state index in [-0.39, 0.29) is 25.4 Å². The van der Waals surface area contributed by atoms with Crippen molar-refractivity contribution in [1.82, 2.24) is 0 Å². The molecule has 0 saturated carbocycles. The van der Waals surface area contributed by atoms with Crippen LogP contribution in [0.3, 0.4) is 0 Å². The van der Waals surface area contributed by atoms with Crippen molar-refractivity contribution < 1.29 is 33.6 Å². The molecule has 0 unspecified atom stereocenters. The predicted octanol–water partition coefficient (Wildman–Crippen LogP) is 2.81. The number of methoxy groups -OCH3 is 2. The predicted molar refractivity (Wildman–Crippen MR) is 112 cm³/mol. The van der Waals surface area contributed by atoms with Crippen LogP contribution in [0.4, 0.5) is 0 Å². The van der Waals surface area contributed by atoms with Crippen molar-refractivity contribution in [3.05, 3.63) is 54.6 Å². The van der Waals surface area contributed by atoms with Gasteiger partial charge < -0.3 is 28.8 Å². The Kier molecular flexibility index (Phi) is 9.52. The van der Waals surface area contributed by atoms with Crippen molar-refractivity contribution >= 4 is 5.97 Å². The summed E-state index contributed by atoms with van der Waals surface area (Å²) in [6.07, 6.45) is 4.86. The largest absolute Gasteiger partial charge is 0.497 e. The summed E-state index contributed by atoms with van der Waals surface area (Å²) in [7, 11) is 2.91. The highest BCUT2D eigenvalue weighted by Gasteiger charge is 2.47. The molecule has 0 amide bonds. The normalized spacial score (nSPS) is 22.3. The third kappa shape index (κ3) is 6.15. The summed E-state index contributed by atoms with van der Waals surface area (Å²) in [6, 6.07) is 7.43. The van der Waals surface area contributed by atoms with Crippen LogP contribution in [0, 0.1) is 0 Å². The van der Waals surface area contributed by atoms with Gasteiger partial charge >= 0.3 is 5.97 Å². The Bertz CT molecular complexity index is 700. The third-order valence-electron chi connectivity index (χ3n) is 5.08. The summed E-state index contributed by atoms with van der Waals surface area (Å²) in [5, 5.41) is 9.27. The van der Waals surface area contributed by atoms with Crippen LogP contribution in [0.15, 0.2) is 49.1 Å². The molecule has 0 bridgehead atoms. The molecule has 166 valence electrons. The van der Waals surface area contributed by atoms with Gasteiger partial charge in [0.15, 0.2) is 5.60 Å². The van der Waals surface area contributed by atoms with E-state index in [2.05, 4.69) is 6.58 Å². The monoisotopic (exact) mass is 420 g/mol. The SMILES string of the molecule is C=C[C@H]1OCCC[C@@H]1O[C@](C)(C(=O)OC)[C@@H](/C=C/CO)OCc1ccc(OC)cc1. The summed E-state index contributed by atoms with van der Waals surface area (Å²) in [5.74, 6) is 0.171. The molecule has 1 aromatic rings. The first-order valence-corrected chi connectivity index (χ1v) is 10.0. The lowest BCUT2D eigenvalue weighted by molar-refractivity contribution is -0.211. The molecule has 0 aromatic heterocycles. The highest BCUT2D eigenvalue weighted by atomic mass is 16.6. The zero-order valence-electron chi connectivity index (χ0n) is 17.9. The van der Waals surface area contributed by atoms with Gasteiger partial charge in [-0.05, 0) is 37.5 Å².